The number of amides is 2. The average Bonchev–Trinajstić information content (AvgIpc) is 3.44. The van der Waals surface area contributed by atoms with Gasteiger partial charge in [0.25, 0.3) is 5.91 Å². The third-order valence-electron chi connectivity index (χ3n) is 5.18. The van der Waals surface area contributed by atoms with Crippen molar-refractivity contribution in [3.8, 4) is 0 Å². The first kappa shape index (κ1) is 19.2. The van der Waals surface area contributed by atoms with Gasteiger partial charge >= 0.3 is 0 Å². The Hall–Kier alpha value is -3.73. The molecule has 0 aliphatic carbocycles. The lowest BCUT2D eigenvalue weighted by Crippen LogP contribution is -2.43. The maximum Gasteiger partial charge on any atom is 0.267 e. The van der Waals surface area contributed by atoms with Crippen LogP contribution in [0.25, 0.3) is 10.9 Å². The second kappa shape index (κ2) is 7.84. The molecule has 0 saturated carbocycles. The topological polar surface area (TPSA) is 121 Å². The molecule has 31 heavy (non-hydrogen) atoms. The largest absolute Gasteiger partial charge is 0.341 e. The third-order valence-corrected chi connectivity index (χ3v) is 6.09. The molecule has 0 atom stereocenters. The zero-order chi connectivity index (χ0) is 21.4. The number of nitrogens with zero attached hydrogens (tertiary/aromatic N) is 5. The summed E-state index contributed by atoms with van der Waals surface area (Å²) in [4.78, 5) is 31.4. The van der Waals surface area contributed by atoms with Gasteiger partial charge in [-0.1, -0.05) is 17.4 Å². The van der Waals surface area contributed by atoms with E-state index in [0.717, 1.165) is 41.7 Å². The number of H-pyrrole nitrogens is 1. The Bertz CT molecular complexity index is 1270. The first-order chi connectivity index (χ1) is 15.1. The van der Waals surface area contributed by atoms with Crippen molar-refractivity contribution in [2.24, 2.45) is 0 Å². The van der Waals surface area contributed by atoms with Crippen molar-refractivity contribution in [3.05, 3.63) is 47.2 Å². The van der Waals surface area contributed by atoms with Gasteiger partial charge in [-0.15, -0.1) is 0 Å². The maximum absolute atomic E-state index is 12.8. The number of likely N-dealkylation sites (tertiary alicyclic amines) is 1. The van der Waals surface area contributed by atoms with Gasteiger partial charge in [0.2, 0.25) is 5.91 Å². The average molecular weight is 437 g/mol. The number of nitrogens with one attached hydrogen (secondary N) is 3. The van der Waals surface area contributed by atoms with Gasteiger partial charge in [-0.05, 0) is 25.0 Å². The zero-order valence-corrected chi connectivity index (χ0v) is 17.6. The van der Waals surface area contributed by atoms with Crippen molar-refractivity contribution in [2.45, 2.75) is 19.9 Å². The number of carbonyl (C=O) groups excluding carboxylic acids is 2. The molecule has 1 aliphatic heterocycles. The molecule has 0 bridgehead atoms. The highest BCUT2D eigenvalue weighted by molar-refractivity contribution is 7.17. The summed E-state index contributed by atoms with van der Waals surface area (Å²) < 4.78 is 1.60. The molecule has 0 spiro atoms. The number of anilines is 3. The summed E-state index contributed by atoms with van der Waals surface area (Å²) in [6.45, 7) is 3.80. The molecule has 4 heterocycles. The standard InChI is InChI=1S/C20H20N8O2S/c1-12-3-4-14-13(9-22-25-14)18(12)24-19(30)15-10-21-20(31-15)23-16-5-8-28(26-16)11-17(29)27-6-2-7-27/h3-5,8-10H,2,6-7,11H2,1H3,(H,22,25)(H,24,30)(H,21,23,26). The molecule has 1 fully saturated rings. The van der Waals surface area contributed by atoms with Crippen LogP contribution in [0, 0.1) is 6.92 Å². The van der Waals surface area contributed by atoms with Crippen molar-refractivity contribution in [1.82, 2.24) is 29.9 Å². The molecule has 5 rings (SSSR count). The summed E-state index contributed by atoms with van der Waals surface area (Å²) in [6.07, 6.45) is 6.03. The van der Waals surface area contributed by atoms with Gasteiger partial charge in [-0.3, -0.25) is 19.4 Å². The number of rotatable bonds is 6. The summed E-state index contributed by atoms with van der Waals surface area (Å²) >= 11 is 1.23. The van der Waals surface area contributed by atoms with Crippen LogP contribution in [0.15, 0.2) is 36.8 Å². The van der Waals surface area contributed by atoms with Gasteiger partial charge in [-0.25, -0.2) is 4.98 Å². The second-order valence-electron chi connectivity index (χ2n) is 7.33. The van der Waals surface area contributed by atoms with Crippen LogP contribution in [0.3, 0.4) is 0 Å². The number of hydrogen-bond donors (Lipinski definition) is 3. The smallest absolute Gasteiger partial charge is 0.267 e. The van der Waals surface area contributed by atoms with Gasteiger partial charge in [0, 0.05) is 30.7 Å². The fourth-order valence-electron chi connectivity index (χ4n) is 3.33. The number of aromatic nitrogens is 5. The number of thiazole rings is 1. The molecular weight excluding hydrogens is 416 g/mol. The minimum Gasteiger partial charge on any atom is -0.341 e. The lowest BCUT2D eigenvalue weighted by molar-refractivity contribution is -0.135. The van der Waals surface area contributed by atoms with E-state index in [1.807, 2.05) is 24.0 Å². The Morgan fingerprint density at radius 1 is 1.23 bits per heavy atom. The summed E-state index contributed by atoms with van der Waals surface area (Å²) in [5.41, 5.74) is 2.53. The molecule has 1 saturated heterocycles. The number of carbonyl (C=O) groups is 2. The van der Waals surface area contributed by atoms with Crippen molar-refractivity contribution in [3.63, 3.8) is 0 Å². The zero-order valence-electron chi connectivity index (χ0n) is 16.8. The third kappa shape index (κ3) is 3.87. The van der Waals surface area contributed by atoms with Crippen LogP contribution in [0.2, 0.25) is 0 Å². The Kier molecular flexibility index (Phi) is 4.86. The Morgan fingerprint density at radius 2 is 2.10 bits per heavy atom. The molecule has 0 radical (unpaired) electrons. The van der Waals surface area contributed by atoms with Gasteiger partial charge in [-0.2, -0.15) is 10.2 Å². The SMILES string of the molecule is Cc1ccc2[nH]ncc2c1NC(=O)c1cnc(Nc2ccn(CC(=O)N3CCC3)n2)s1. The quantitative estimate of drug-likeness (QED) is 0.427. The number of benzene rings is 1. The van der Waals surface area contributed by atoms with E-state index in [4.69, 9.17) is 0 Å². The van der Waals surface area contributed by atoms with Crippen LogP contribution in [-0.2, 0) is 11.3 Å². The summed E-state index contributed by atoms with van der Waals surface area (Å²) in [5, 5.41) is 18.8. The minimum atomic E-state index is -0.243. The number of aromatic amines is 1. The highest BCUT2D eigenvalue weighted by Crippen LogP contribution is 2.28. The van der Waals surface area contributed by atoms with Crippen LogP contribution in [-0.4, -0.2) is 54.8 Å². The summed E-state index contributed by atoms with van der Waals surface area (Å²) in [5.74, 6) is 0.391. The summed E-state index contributed by atoms with van der Waals surface area (Å²) in [6, 6.07) is 5.63. The van der Waals surface area contributed by atoms with Crippen molar-refractivity contribution < 1.29 is 9.59 Å². The molecule has 158 valence electrons. The summed E-state index contributed by atoms with van der Waals surface area (Å²) in [7, 11) is 0. The van der Waals surface area contributed by atoms with E-state index in [1.165, 1.54) is 17.5 Å². The molecule has 11 heteroatoms. The molecule has 0 unspecified atom stereocenters. The Labute approximate surface area is 181 Å². The van der Waals surface area contributed by atoms with E-state index in [-0.39, 0.29) is 18.4 Å². The number of aryl methyl sites for hydroxylation is 1. The maximum atomic E-state index is 12.8. The molecule has 3 N–H and O–H groups in total. The van der Waals surface area contributed by atoms with Crippen LogP contribution >= 0.6 is 11.3 Å². The van der Waals surface area contributed by atoms with Crippen LogP contribution in [0.1, 0.15) is 21.7 Å². The number of fused-ring (bicyclic) bond motifs is 1. The van der Waals surface area contributed by atoms with Gasteiger partial charge in [0.05, 0.1) is 23.6 Å². The highest BCUT2D eigenvalue weighted by atomic mass is 32.1. The van der Waals surface area contributed by atoms with E-state index >= 15 is 0 Å². The molecule has 1 aliphatic rings. The predicted octanol–water partition coefficient (Wildman–Crippen LogP) is 2.75. The fourth-order valence-corrected chi connectivity index (χ4v) is 4.05. The van der Waals surface area contributed by atoms with E-state index in [2.05, 4.69) is 30.9 Å². The predicted molar refractivity (Wildman–Crippen MR) is 118 cm³/mol. The first-order valence-electron chi connectivity index (χ1n) is 9.85. The second-order valence-corrected chi connectivity index (χ2v) is 8.36. The van der Waals surface area contributed by atoms with E-state index in [1.54, 1.807) is 23.1 Å². The van der Waals surface area contributed by atoms with Crippen LogP contribution in [0.4, 0.5) is 16.6 Å². The van der Waals surface area contributed by atoms with Crippen molar-refractivity contribution >= 4 is 50.7 Å². The monoisotopic (exact) mass is 436 g/mol. The minimum absolute atomic E-state index is 0.0667. The van der Waals surface area contributed by atoms with E-state index in [0.29, 0.717) is 15.8 Å². The normalized spacial score (nSPS) is 13.3. The lowest BCUT2D eigenvalue weighted by Gasteiger charge is -2.30. The first-order valence-corrected chi connectivity index (χ1v) is 10.7. The molecule has 1 aromatic carbocycles. The highest BCUT2D eigenvalue weighted by Gasteiger charge is 2.20. The fraction of sp³-hybridized carbons (Fsp3) is 0.250. The molecule has 2 amide bonds. The van der Waals surface area contributed by atoms with Crippen molar-refractivity contribution in [1.29, 1.82) is 0 Å². The lowest BCUT2D eigenvalue weighted by atomic mass is 10.1. The van der Waals surface area contributed by atoms with Crippen LogP contribution in [0.5, 0.6) is 0 Å². The Balaban J connectivity index is 1.25. The number of hydrogen-bond acceptors (Lipinski definition) is 7. The molecule has 3 aromatic heterocycles. The van der Waals surface area contributed by atoms with Crippen molar-refractivity contribution in [2.75, 3.05) is 23.7 Å². The van der Waals surface area contributed by atoms with E-state index in [9.17, 15) is 9.59 Å². The molecule has 10 nitrogen and oxygen atoms in total. The van der Waals surface area contributed by atoms with Gasteiger partial charge in [0.1, 0.15) is 11.4 Å². The van der Waals surface area contributed by atoms with E-state index < -0.39 is 0 Å². The molecular formula is C20H20N8O2S. The van der Waals surface area contributed by atoms with Gasteiger partial charge in [0.15, 0.2) is 10.9 Å². The Morgan fingerprint density at radius 3 is 2.90 bits per heavy atom. The van der Waals surface area contributed by atoms with Gasteiger partial charge < -0.3 is 15.5 Å². The van der Waals surface area contributed by atoms with Crippen LogP contribution < -0.4 is 10.6 Å². The molecule has 4 aromatic rings.